The van der Waals surface area contributed by atoms with E-state index in [1.54, 1.807) is 0 Å². The van der Waals surface area contributed by atoms with E-state index in [2.05, 4.69) is 23.3 Å². The van der Waals surface area contributed by atoms with Gasteiger partial charge in [-0.25, -0.2) is 0 Å². The first-order valence-corrected chi connectivity index (χ1v) is 6.49. The van der Waals surface area contributed by atoms with E-state index in [-0.39, 0.29) is 6.04 Å². The van der Waals surface area contributed by atoms with Crippen molar-refractivity contribution in [2.45, 2.75) is 51.1 Å². The van der Waals surface area contributed by atoms with E-state index in [9.17, 15) is 0 Å². The quantitative estimate of drug-likeness (QED) is 0.805. The summed E-state index contributed by atoms with van der Waals surface area (Å²) in [6, 6.07) is 0.580. The second kappa shape index (κ2) is 5.37. The summed E-state index contributed by atoms with van der Waals surface area (Å²) in [5, 5.41) is 7.94. The van der Waals surface area contributed by atoms with Gasteiger partial charge < -0.3 is 0 Å². The Morgan fingerprint density at radius 3 is 3.24 bits per heavy atom. The molecule has 1 N–H and O–H groups in total. The zero-order chi connectivity index (χ0) is 12.3. The molecule has 3 nitrogen and oxygen atoms in total. The minimum atomic E-state index is 0.191. The van der Waals surface area contributed by atoms with Gasteiger partial charge in [0.15, 0.2) is 0 Å². The van der Waals surface area contributed by atoms with Crippen molar-refractivity contribution >= 4 is 0 Å². The van der Waals surface area contributed by atoms with E-state index >= 15 is 0 Å². The molecule has 2 atom stereocenters. The molecule has 0 saturated heterocycles. The summed E-state index contributed by atoms with van der Waals surface area (Å²) in [7, 11) is 2.02. The van der Waals surface area contributed by atoms with Crippen LogP contribution in [0.5, 0.6) is 0 Å². The van der Waals surface area contributed by atoms with E-state index in [0.717, 1.165) is 19.3 Å². The van der Waals surface area contributed by atoms with Crippen molar-refractivity contribution in [3.8, 4) is 12.3 Å². The predicted octanol–water partition coefficient (Wildman–Crippen LogP) is 2.19. The summed E-state index contributed by atoms with van der Waals surface area (Å²) >= 11 is 0. The second-order valence-electron chi connectivity index (χ2n) is 4.79. The van der Waals surface area contributed by atoms with Crippen LogP contribution in [0.3, 0.4) is 0 Å². The number of hydrogen-bond donors (Lipinski definition) is 1. The third-order valence-corrected chi connectivity index (χ3v) is 3.56. The molecule has 0 saturated carbocycles. The average Bonchev–Trinajstić information content (AvgIpc) is 2.72. The minimum Gasteiger partial charge on any atom is -0.297 e. The maximum absolute atomic E-state index is 5.57. The van der Waals surface area contributed by atoms with Crippen LogP contribution in [0.15, 0.2) is 6.20 Å². The Bertz CT molecular complexity index is 414. The predicted molar refractivity (Wildman–Crippen MR) is 69.6 cm³/mol. The van der Waals surface area contributed by atoms with Crippen molar-refractivity contribution < 1.29 is 0 Å². The third kappa shape index (κ3) is 2.53. The Hall–Kier alpha value is -1.27. The highest BCUT2D eigenvalue weighted by atomic mass is 15.3. The fourth-order valence-corrected chi connectivity index (χ4v) is 2.63. The second-order valence-corrected chi connectivity index (χ2v) is 4.79. The topological polar surface area (TPSA) is 29.9 Å². The highest BCUT2D eigenvalue weighted by Crippen LogP contribution is 2.29. The molecule has 0 aromatic carbocycles. The first-order chi connectivity index (χ1) is 8.26. The molecule has 0 fully saturated rings. The highest BCUT2D eigenvalue weighted by Gasteiger charge is 2.24. The van der Waals surface area contributed by atoms with Gasteiger partial charge in [0.05, 0.1) is 12.2 Å². The molecule has 1 aliphatic carbocycles. The number of aryl methyl sites for hydroxylation is 1. The molecule has 3 heteroatoms. The number of rotatable bonds is 4. The van der Waals surface area contributed by atoms with Crippen molar-refractivity contribution in [1.82, 2.24) is 15.1 Å². The number of hydrogen-bond acceptors (Lipinski definition) is 2. The Morgan fingerprint density at radius 1 is 1.71 bits per heavy atom. The van der Waals surface area contributed by atoms with Gasteiger partial charge in [0.1, 0.15) is 0 Å². The van der Waals surface area contributed by atoms with Gasteiger partial charge in [-0.3, -0.25) is 10.00 Å². The van der Waals surface area contributed by atoms with Crippen LogP contribution in [-0.4, -0.2) is 15.8 Å². The fourth-order valence-electron chi connectivity index (χ4n) is 2.63. The standard InChI is InChI=1S/C14H21N3/c1-4-7-11(5-2)16-13-8-6-9-14-12(13)10-15-17(14)3/h2,10-11,13,16H,4,6-9H2,1,3H3. The van der Waals surface area contributed by atoms with Gasteiger partial charge in [-0.05, 0) is 25.7 Å². The van der Waals surface area contributed by atoms with Crippen LogP contribution in [0, 0.1) is 12.3 Å². The summed E-state index contributed by atoms with van der Waals surface area (Å²) in [6.07, 6.45) is 13.2. The van der Waals surface area contributed by atoms with Crippen molar-refractivity contribution in [3.05, 3.63) is 17.5 Å². The number of fused-ring (bicyclic) bond motifs is 1. The molecule has 0 amide bonds. The van der Waals surface area contributed by atoms with Crippen LogP contribution in [0.4, 0.5) is 0 Å². The summed E-state index contributed by atoms with van der Waals surface area (Å²) < 4.78 is 1.99. The van der Waals surface area contributed by atoms with Gasteiger partial charge >= 0.3 is 0 Å². The summed E-state index contributed by atoms with van der Waals surface area (Å²) in [5.74, 6) is 2.85. The lowest BCUT2D eigenvalue weighted by Crippen LogP contribution is -2.33. The van der Waals surface area contributed by atoms with Crippen molar-refractivity contribution in [1.29, 1.82) is 0 Å². The Balaban J connectivity index is 2.11. The Labute approximate surface area is 104 Å². The molecule has 1 aliphatic rings. The maximum atomic E-state index is 5.57. The molecular formula is C14H21N3. The first kappa shape index (κ1) is 12.2. The first-order valence-electron chi connectivity index (χ1n) is 6.49. The van der Waals surface area contributed by atoms with Crippen molar-refractivity contribution in [3.63, 3.8) is 0 Å². The third-order valence-electron chi connectivity index (χ3n) is 3.56. The van der Waals surface area contributed by atoms with Gasteiger partial charge in [0, 0.05) is 24.3 Å². The lowest BCUT2D eigenvalue weighted by atomic mass is 9.92. The lowest BCUT2D eigenvalue weighted by Gasteiger charge is -2.26. The molecule has 1 heterocycles. The summed E-state index contributed by atoms with van der Waals surface area (Å²) in [6.45, 7) is 2.17. The molecule has 0 aliphatic heterocycles. The van der Waals surface area contributed by atoms with Gasteiger partial charge in [0.25, 0.3) is 0 Å². The zero-order valence-corrected chi connectivity index (χ0v) is 10.7. The summed E-state index contributed by atoms with van der Waals surface area (Å²) in [4.78, 5) is 0. The van der Waals surface area contributed by atoms with Gasteiger partial charge in [0.2, 0.25) is 0 Å². The lowest BCUT2D eigenvalue weighted by molar-refractivity contribution is 0.416. The molecule has 1 aromatic rings. The van der Waals surface area contributed by atoms with Gasteiger partial charge in [-0.1, -0.05) is 19.3 Å². The monoisotopic (exact) mass is 231 g/mol. The largest absolute Gasteiger partial charge is 0.297 e. The van der Waals surface area contributed by atoms with Crippen LogP contribution in [-0.2, 0) is 13.5 Å². The van der Waals surface area contributed by atoms with E-state index in [1.165, 1.54) is 24.1 Å². The molecule has 92 valence electrons. The van der Waals surface area contributed by atoms with Crippen LogP contribution >= 0.6 is 0 Å². The molecule has 2 rings (SSSR count). The number of aromatic nitrogens is 2. The average molecular weight is 231 g/mol. The molecule has 0 bridgehead atoms. The highest BCUT2D eigenvalue weighted by molar-refractivity contribution is 5.25. The number of nitrogens with one attached hydrogen (secondary N) is 1. The van der Waals surface area contributed by atoms with Gasteiger partial charge in [-0.15, -0.1) is 6.42 Å². The smallest absolute Gasteiger partial charge is 0.0691 e. The molecule has 0 spiro atoms. The van der Waals surface area contributed by atoms with Crippen LogP contribution in [0.1, 0.15) is 49.9 Å². The maximum Gasteiger partial charge on any atom is 0.0691 e. The molecule has 17 heavy (non-hydrogen) atoms. The zero-order valence-electron chi connectivity index (χ0n) is 10.7. The Morgan fingerprint density at radius 2 is 2.53 bits per heavy atom. The van der Waals surface area contributed by atoms with Gasteiger partial charge in [-0.2, -0.15) is 5.10 Å². The van der Waals surface area contributed by atoms with Crippen LogP contribution in [0.25, 0.3) is 0 Å². The molecule has 2 unspecified atom stereocenters. The van der Waals surface area contributed by atoms with E-state index in [0.29, 0.717) is 6.04 Å². The minimum absolute atomic E-state index is 0.191. The van der Waals surface area contributed by atoms with E-state index in [4.69, 9.17) is 6.42 Å². The number of nitrogens with zero attached hydrogens (tertiary/aromatic N) is 2. The normalized spacial score (nSPS) is 20.6. The molecule has 0 radical (unpaired) electrons. The van der Waals surface area contributed by atoms with E-state index in [1.807, 2.05) is 17.9 Å². The number of terminal acetylenes is 1. The van der Waals surface area contributed by atoms with Crippen LogP contribution in [0.2, 0.25) is 0 Å². The fraction of sp³-hybridized carbons (Fsp3) is 0.643. The van der Waals surface area contributed by atoms with E-state index < -0.39 is 0 Å². The summed E-state index contributed by atoms with van der Waals surface area (Å²) in [5.41, 5.74) is 2.70. The van der Waals surface area contributed by atoms with Crippen LogP contribution < -0.4 is 5.32 Å². The van der Waals surface area contributed by atoms with Crippen molar-refractivity contribution in [2.24, 2.45) is 7.05 Å². The Kier molecular flexibility index (Phi) is 3.86. The van der Waals surface area contributed by atoms with Crippen molar-refractivity contribution in [2.75, 3.05) is 0 Å². The molecular weight excluding hydrogens is 210 g/mol. The molecule has 1 aromatic heterocycles. The SMILES string of the molecule is C#CC(CCC)NC1CCCc2c1cnn2C.